The molecule has 1 aromatic rings. The molecule has 2 amide bonds. The summed E-state index contributed by atoms with van der Waals surface area (Å²) >= 11 is 0. The molecule has 1 aliphatic carbocycles. The second-order valence-corrected chi connectivity index (χ2v) is 6.75. The van der Waals surface area contributed by atoms with Crippen LogP contribution >= 0.6 is 0 Å². The third-order valence-corrected chi connectivity index (χ3v) is 5.54. The second kappa shape index (κ2) is 4.83. The molecule has 2 heterocycles. The predicted octanol–water partition coefficient (Wildman–Crippen LogP) is 2.32. The highest BCUT2D eigenvalue weighted by molar-refractivity contribution is 6.08. The van der Waals surface area contributed by atoms with Crippen molar-refractivity contribution in [3.63, 3.8) is 0 Å². The lowest BCUT2D eigenvalue weighted by Crippen LogP contribution is -2.50. The largest absolute Gasteiger partial charge is 0.342 e. The van der Waals surface area contributed by atoms with Crippen LogP contribution in [0, 0.1) is 5.92 Å². The number of likely N-dealkylation sites (tertiary alicyclic amines) is 1. The first-order valence-corrected chi connectivity index (χ1v) is 8.37. The Hall–Kier alpha value is -1.84. The first-order valence-electron chi connectivity index (χ1n) is 8.37. The summed E-state index contributed by atoms with van der Waals surface area (Å²) in [5.74, 6) is 0.809. The molecule has 0 radical (unpaired) electrons. The number of hydrogen-bond acceptors (Lipinski definition) is 2. The van der Waals surface area contributed by atoms with Crippen LogP contribution < -0.4 is 4.90 Å². The summed E-state index contributed by atoms with van der Waals surface area (Å²) in [5, 5.41) is 0. The average molecular weight is 298 g/mol. The SMILES string of the molecule is CCN1C(=O)C2(CCN(C(=O)C3CC3)CC2)c2ccccc21. The molecule has 0 aromatic heterocycles. The van der Waals surface area contributed by atoms with E-state index >= 15 is 0 Å². The smallest absolute Gasteiger partial charge is 0.237 e. The zero-order chi connectivity index (χ0) is 15.3. The number of benzene rings is 1. The quantitative estimate of drug-likeness (QED) is 0.841. The third-order valence-electron chi connectivity index (χ3n) is 5.54. The zero-order valence-electron chi connectivity index (χ0n) is 13.0. The van der Waals surface area contributed by atoms with Crippen molar-refractivity contribution in [3.8, 4) is 0 Å². The van der Waals surface area contributed by atoms with Gasteiger partial charge in [0, 0.05) is 31.2 Å². The molecule has 0 bridgehead atoms. The lowest BCUT2D eigenvalue weighted by molar-refractivity contribution is -0.136. The number of fused-ring (bicyclic) bond motifs is 2. The van der Waals surface area contributed by atoms with Gasteiger partial charge in [-0.1, -0.05) is 18.2 Å². The predicted molar refractivity (Wildman–Crippen MR) is 84.7 cm³/mol. The summed E-state index contributed by atoms with van der Waals surface area (Å²) in [6.07, 6.45) is 3.62. The molecule has 1 spiro atoms. The van der Waals surface area contributed by atoms with Crippen molar-refractivity contribution >= 4 is 17.5 Å². The van der Waals surface area contributed by atoms with Gasteiger partial charge in [0.15, 0.2) is 0 Å². The van der Waals surface area contributed by atoms with Crippen LogP contribution in [-0.4, -0.2) is 36.3 Å². The van der Waals surface area contributed by atoms with Crippen LogP contribution in [0.3, 0.4) is 0 Å². The van der Waals surface area contributed by atoms with Gasteiger partial charge in [0.2, 0.25) is 11.8 Å². The Morgan fingerprint density at radius 3 is 2.55 bits per heavy atom. The molecule has 1 saturated heterocycles. The molecular formula is C18H22N2O2. The Kier molecular flexibility index (Phi) is 3.03. The van der Waals surface area contributed by atoms with E-state index in [1.807, 2.05) is 34.9 Å². The van der Waals surface area contributed by atoms with E-state index in [1.54, 1.807) is 0 Å². The number of carbonyl (C=O) groups excluding carboxylic acids is 2. The summed E-state index contributed by atoms with van der Waals surface area (Å²) in [4.78, 5) is 29.1. The highest BCUT2D eigenvalue weighted by Crippen LogP contribution is 2.48. The van der Waals surface area contributed by atoms with E-state index in [0.29, 0.717) is 25.5 Å². The van der Waals surface area contributed by atoms with Gasteiger partial charge < -0.3 is 9.80 Å². The normalized spacial score (nSPS) is 23.0. The Bertz CT molecular complexity index is 628. The molecule has 4 heteroatoms. The van der Waals surface area contributed by atoms with Crippen LogP contribution in [0.4, 0.5) is 5.69 Å². The van der Waals surface area contributed by atoms with E-state index in [4.69, 9.17) is 0 Å². The van der Waals surface area contributed by atoms with Gasteiger partial charge in [-0.3, -0.25) is 9.59 Å². The lowest BCUT2D eigenvalue weighted by atomic mass is 9.73. The van der Waals surface area contributed by atoms with Gasteiger partial charge in [-0.2, -0.15) is 0 Å². The summed E-state index contributed by atoms with van der Waals surface area (Å²) < 4.78 is 0. The topological polar surface area (TPSA) is 40.6 Å². The van der Waals surface area contributed by atoms with Crippen molar-refractivity contribution in [3.05, 3.63) is 29.8 Å². The molecule has 116 valence electrons. The molecule has 2 aliphatic heterocycles. The Balaban J connectivity index is 1.62. The van der Waals surface area contributed by atoms with Crippen LogP contribution in [0.5, 0.6) is 0 Å². The van der Waals surface area contributed by atoms with Crippen LogP contribution in [0.25, 0.3) is 0 Å². The van der Waals surface area contributed by atoms with E-state index in [9.17, 15) is 9.59 Å². The first kappa shape index (κ1) is 13.8. The maximum atomic E-state index is 13.0. The van der Waals surface area contributed by atoms with Crippen molar-refractivity contribution in [1.29, 1.82) is 0 Å². The molecule has 1 saturated carbocycles. The highest BCUT2D eigenvalue weighted by atomic mass is 16.2. The minimum absolute atomic E-state index is 0.231. The maximum Gasteiger partial charge on any atom is 0.237 e. The van der Waals surface area contributed by atoms with Gasteiger partial charge in [0.1, 0.15) is 0 Å². The van der Waals surface area contributed by atoms with Gasteiger partial charge in [0.25, 0.3) is 0 Å². The molecule has 3 aliphatic rings. The van der Waals surface area contributed by atoms with E-state index < -0.39 is 5.41 Å². The molecule has 0 atom stereocenters. The van der Waals surface area contributed by atoms with E-state index in [0.717, 1.165) is 31.4 Å². The third kappa shape index (κ3) is 1.82. The highest BCUT2D eigenvalue weighted by Gasteiger charge is 2.52. The molecular weight excluding hydrogens is 276 g/mol. The summed E-state index contributed by atoms with van der Waals surface area (Å²) in [7, 11) is 0. The van der Waals surface area contributed by atoms with Crippen molar-refractivity contribution < 1.29 is 9.59 Å². The van der Waals surface area contributed by atoms with E-state index in [2.05, 4.69) is 6.07 Å². The monoisotopic (exact) mass is 298 g/mol. The summed E-state index contributed by atoms with van der Waals surface area (Å²) in [6.45, 7) is 4.17. The number of rotatable bonds is 2. The standard InChI is InChI=1S/C18H22N2O2/c1-2-20-15-6-4-3-5-14(15)18(17(20)22)9-11-19(12-10-18)16(21)13-7-8-13/h3-6,13H,2,7-12H2,1H3. The molecule has 4 rings (SSSR count). The van der Waals surface area contributed by atoms with Crippen molar-refractivity contribution in [2.45, 2.75) is 38.0 Å². The zero-order valence-corrected chi connectivity index (χ0v) is 13.0. The summed E-state index contributed by atoms with van der Waals surface area (Å²) in [6, 6.07) is 8.17. The van der Waals surface area contributed by atoms with Crippen LogP contribution in [0.2, 0.25) is 0 Å². The molecule has 0 N–H and O–H groups in total. The Morgan fingerprint density at radius 2 is 1.91 bits per heavy atom. The van der Waals surface area contributed by atoms with Gasteiger partial charge >= 0.3 is 0 Å². The van der Waals surface area contributed by atoms with Crippen LogP contribution in [0.15, 0.2) is 24.3 Å². The number of amides is 2. The fraction of sp³-hybridized carbons (Fsp3) is 0.556. The van der Waals surface area contributed by atoms with E-state index in [-0.39, 0.29) is 11.8 Å². The number of anilines is 1. The van der Waals surface area contributed by atoms with E-state index in [1.165, 1.54) is 5.56 Å². The number of hydrogen-bond donors (Lipinski definition) is 0. The number of piperidine rings is 1. The van der Waals surface area contributed by atoms with Crippen molar-refractivity contribution in [2.24, 2.45) is 5.92 Å². The number of nitrogens with zero attached hydrogens (tertiary/aromatic N) is 2. The molecule has 1 aromatic carbocycles. The molecule has 2 fully saturated rings. The van der Waals surface area contributed by atoms with Crippen LogP contribution in [0.1, 0.15) is 38.2 Å². The number of likely N-dealkylation sites (N-methyl/N-ethyl adjacent to an activating group) is 1. The number of carbonyl (C=O) groups is 2. The Labute approximate surface area is 131 Å². The average Bonchev–Trinajstić information content (AvgIpc) is 3.37. The first-order chi connectivity index (χ1) is 10.7. The number of para-hydroxylation sites is 1. The molecule has 22 heavy (non-hydrogen) atoms. The molecule has 4 nitrogen and oxygen atoms in total. The van der Waals surface area contributed by atoms with Gasteiger partial charge in [-0.15, -0.1) is 0 Å². The van der Waals surface area contributed by atoms with Gasteiger partial charge in [-0.05, 0) is 44.2 Å². The maximum absolute atomic E-state index is 13.0. The minimum Gasteiger partial charge on any atom is -0.342 e. The second-order valence-electron chi connectivity index (χ2n) is 6.75. The fourth-order valence-corrected chi connectivity index (χ4v) is 4.09. The molecule has 0 unspecified atom stereocenters. The summed E-state index contributed by atoms with van der Waals surface area (Å²) in [5.41, 5.74) is 1.84. The Morgan fingerprint density at radius 1 is 1.23 bits per heavy atom. The van der Waals surface area contributed by atoms with Crippen molar-refractivity contribution in [1.82, 2.24) is 4.90 Å². The van der Waals surface area contributed by atoms with Gasteiger partial charge in [-0.25, -0.2) is 0 Å². The fourth-order valence-electron chi connectivity index (χ4n) is 4.09. The lowest BCUT2D eigenvalue weighted by Gasteiger charge is -2.38. The van der Waals surface area contributed by atoms with Gasteiger partial charge in [0.05, 0.1) is 5.41 Å². The van der Waals surface area contributed by atoms with Crippen molar-refractivity contribution in [2.75, 3.05) is 24.5 Å². The minimum atomic E-state index is -0.396. The van der Waals surface area contributed by atoms with Crippen LogP contribution in [-0.2, 0) is 15.0 Å².